The van der Waals surface area contributed by atoms with Crippen molar-refractivity contribution in [2.75, 3.05) is 0 Å². The fraction of sp³-hybridized carbons (Fsp3) is 0.750. The van der Waals surface area contributed by atoms with Gasteiger partial charge in [-0.25, -0.2) is 13.6 Å². The SMILES string of the molecule is CC(F)(F)CC[C@H](NC(=O)O)C(O)C#N. The summed E-state index contributed by atoms with van der Waals surface area (Å²) in [5, 5.41) is 27.5. The van der Waals surface area contributed by atoms with Gasteiger partial charge in [0.1, 0.15) is 0 Å². The Morgan fingerprint density at radius 2 is 2.20 bits per heavy atom. The molecule has 2 atom stereocenters. The number of carboxylic acid groups (broad SMARTS) is 1. The largest absolute Gasteiger partial charge is 0.465 e. The van der Waals surface area contributed by atoms with Crippen LogP contribution in [0, 0.1) is 11.3 Å². The van der Waals surface area contributed by atoms with Gasteiger partial charge in [-0.2, -0.15) is 5.26 Å². The van der Waals surface area contributed by atoms with Crippen molar-refractivity contribution in [3.8, 4) is 6.07 Å². The van der Waals surface area contributed by atoms with Crippen molar-refractivity contribution in [1.29, 1.82) is 5.26 Å². The smallest absolute Gasteiger partial charge is 0.405 e. The Balaban J connectivity index is 4.27. The molecule has 0 aromatic heterocycles. The standard InChI is InChI=1S/C8H12F2N2O3/c1-8(9,10)3-2-5(6(13)4-11)12-7(14)15/h5-6,12-13H,2-3H2,1H3,(H,14,15)/t5-,6?/m0/s1. The van der Waals surface area contributed by atoms with Crippen LogP contribution in [-0.4, -0.2) is 34.4 Å². The summed E-state index contributed by atoms with van der Waals surface area (Å²) in [7, 11) is 0. The molecule has 0 radical (unpaired) electrons. The minimum Gasteiger partial charge on any atom is -0.465 e. The van der Waals surface area contributed by atoms with E-state index in [0.29, 0.717) is 6.92 Å². The van der Waals surface area contributed by atoms with E-state index in [1.807, 2.05) is 5.32 Å². The number of nitrogens with one attached hydrogen (secondary N) is 1. The summed E-state index contributed by atoms with van der Waals surface area (Å²) in [6.07, 6.45) is -3.99. The molecule has 15 heavy (non-hydrogen) atoms. The van der Waals surface area contributed by atoms with E-state index >= 15 is 0 Å². The number of halogens is 2. The van der Waals surface area contributed by atoms with Crippen molar-refractivity contribution < 1.29 is 23.8 Å². The topological polar surface area (TPSA) is 93.3 Å². The normalized spacial score (nSPS) is 15.1. The molecule has 0 spiro atoms. The molecule has 0 aromatic rings. The van der Waals surface area contributed by atoms with Crippen LogP contribution in [-0.2, 0) is 0 Å². The van der Waals surface area contributed by atoms with Crippen LogP contribution in [0.5, 0.6) is 0 Å². The van der Waals surface area contributed by atoms with Gasteiger partial charge in [0, 0.05) is 6.42 Å². The van der Waals surface area contributed by atoms with Crippen LogP contribution < -0.4 is 5.32 Å². The van der Waals surface area contributed by atoms with Crippen molar-refractivity contribution >= 4 is 6.09 Å². The molecule has 0 bridgehead atoms. The zero-order valence-electron chi connectivity index (χ0n) is 8.07. The lowest BCUT2D eigenvalue weighted by Gasteiger charge is -2.19. The summed E-state index contributed by atoms with van der Waals surface area (Å²) in [6.45, 7) is 0.684. The molecule has 0 aliphatic heterocycles. The Morgan fingerprint density at radius 1 is 1.67 bits per heavy atom. The Kier molecular flexibility index (Phi) is 4.94. The molecule has 3 N–H and O–H groups in total. The number of aliphatic hydroxyl groups is 1. The maximum absolute atomic E-state index is 12.4. The fourth-order valence-corrected chi connectivity index (χ4v) is 0.966. The molecule has 5 nitrogen and oxygen atoms in total. The van der Waals surface area contributed by atoms with Crippen molar-refractivity contribution in [2.24, 2.45) is 0 Å². The van der Waals surface area contributed by atoms with Crippen LogP contribution in [0.3, 0.4) is 0 Å². The van der Waals surface area contributed by atoms with E-state index in [1.54, 1.807) is 0 Å². The van der Waals surface area contributed by atoms with Gasteiger partial charge in [0.2, 0.25) is 5.92 Å². The minimum atomic E-state index is -2.95. The molecule has 0 aromatic carbocycles. The molecule has 0 aliphatic carbocycles. The summed E-state index contributed by atoms with van der Waals surface area (Å²) in [5.41, 5.74) is 0. The number of alkyl halides is 2. The molecule has 0 rings (SSSR count). The molecular weight excluding hydrogens is 210 g/mol. The first-order valence-corrected chi connectivity index (χ1v) is 4.21. The predicted molar refractivity (Wildman–Crippen MR) is 46.4 cm³/mol. The van der Waals surface area contributed by atoms with Gasteiger partial charge in [-0.15, -0.1) is 0 Å². The van der Waals surface area contributed by atoms with Gasteiger partial charge in [-0.05, 0) is 13.3 Å². The number of nitrogens with zero attached hydrogens (tertiary/aromatic N) is 1. The predicted octanol–water partition coefficient (Wildman–Crippen LogP) is 0.942. The van der Waals surface area contributed by atoms with Crippen molar-refractivity contribution in [1.82, 2.24) is 5.32 Å². The Labute approximate surface area is 85.3 Å². The average Bonchev–Trinajstić information content (AvgIpc) is 2.09. The molecule has 86 valence electrons. The van der Waals surface area contributed by atoms with Crippen LogP contribution >= 0.6 is 0 Å². The van der Waals surface area contributed by atoms with Crippen molar-refractivity contribution in [3.63, 3.8) is 0 Å². The molecule has 0 saturated heterocycles. The van der Waals surface area contributed by atoms with Crippen molar-refractivity contribution in [2.45, 2.75) is 37.8 Å². The van der Waals surface area contributed by atoms with E-state index in [-0.39, 0.29) is 6.42 Å². The summed E-state index contributed by atoms with van der Waals surface area (Å²) in [6, 6.07) is 0.195. The van der Waals surface area contributed by atoms with E-state index in [0.717, 1.165) is 0 Å². The Bertz CT molecular complexity index is 260. The van der Waals surface area contributed by atoms with Gasteiger partial charge in [0.25, 0.3) is 0 Å². The number of amides is 1. The summed E-state index contributed by atoms with van der Waals surface area (Å²) in [5.74, 6) is -2.95. The maximum Gasteiger partial charge on any atom is 0.405 e. The van der Waals surface area contributed by atoms with Crippen LogP contribution in [0.2, 0.25) is 0 Å². The first-order valence-electron chi connectivity index (χ1n) is 4.21. The second kappa shape index (κ2) is 5.46. The second-order valence-corrected chi connectivity index (χ2v) is 3.24. The number of carbonyl (C=O) groups is 1. The third kappa shape index (κ3) is 6.62. The number of aliphatic hydroxyl groups excluding tert-OH is 1. The lowest BCUT2D eigenvalue weighted by atomic mass is 10.0. The molecule has 0 saturated carbocycles. The molecule has 0 aliphatic rings. The number of hydrogen-bond acceptors (Lipinski definition) is 3. The van der Waals surface area contributed by atoms with Gasteiger partial charge >= 0.3 is 6.09 Å². The minimum absolute atomic E-state index is 0.301. The zero-order chi connectivity index (χ0) is 12.1. The van der Waals surface area contributed by atoms with Gasteiger partial charge in [0.05, 0.1) is 12.1 Å². The quantitative estimate of drug-likeness (QED) is 0.603. The zero-order valence-corrected chi connectivity index (χ0v) is 8.07. The highest BCUT2D eigenvalue weighted by atomic mass is 19.3. The maximum atomic E-state index is 12.4. The highest BCUT2D eigenvalue weighted by molar-refractivity contribution is 5.65. The molecule has 1 amide bonds. The lowest BCUT2D eigenvalue weighted by molar-refractivity contribution is 0.00470. The van der Waals surface area contributed by atoms with E-state index in [4.69, 9.17) is 15.5 Å². The van der Waals surface area contributed by atoms with E-state index in [1.165, 1.54) is 6.07 Å². The van der Waals surface area contributed by atoms with Gasteiger partial charge in [0.15, 0.2) is 6.10 Å². The number of nitriles is 1. The molecule has 0 heterocycles. The first-order chi connectivity index (χ1) is 6.76. The molecule has 0 fully saturated rings. The van der Waals surface area contributed by atoms with E-state index < -0.39 is 30.6 Å². The van der Waals surface area contributed by atoms with Crippen LogP contribution in [0.4, 0.5) is 13.6 Å². The molecule has 7 heteroatoms. The Morgan fingerprint density at radius 3 is 2.53 bits per heavy atom. The van der Waals surface area contributed by atoms with Gasteiger partial charge in [-0.3, -0.25) is 0 Å². The highest BCUT2D eigenvalue weighted by Gasteiger charge is 2.27. The van der Waals surface area contributed by atoms with E-state index in [9.17, 15) is 13.6 Å². The van der Waals surface area contributed by atoms with Crippen LogP contribution in [0.15, 0.2) is 0 Å². The third-order valence-electron chi connectivity index (χ3n) is 1.72. The summed E-state index contributed by atoms with van der Waals surface area (Å²) in [4.78, 5) is 10.2. The average molecular weight is 222 g/mol. The highest BCUT2D eigenvalue weighted by Crippen LogP contribution is 2.20. The van der Waals surface area contributed by atoms with Gasteiger partial charge < -0.3 is 15.5 Å². The summed E-state index contributed by atoms with van der Waals surface area (Å²) >= 11 is 0. The molecular formula is C8H12F2N2O3. The van der Waals surface area contributed by atoms with Gasteiger partial charge in [-0.1, -0.05) is 0 Å². The van der Waals surface area contributed by atoms with Crippen LogP contribution in [0.1, 0.15) is 19.8 Å². The first kappa shape index (κ1) is 13.6. The summed E-state index contributed by atoms with van der Waals surface area (Å²) < 4.78 is 24.9. The lowest BCUT2D eigenvalue weighted by Crippen LogP contribution is -2.42. The fourth-order valence-electron chi connectivity index (χ4n) is 0.966. The monoisotopic (exact) mass is 222 g/mol. The Hall–Kier alpha value is -1.42. The number of hydrogen-bond donors (Lipinski definition) is 3. The van der Waals surface area contributed by atoms with Crippen molar-refractivity contribution in [3.05, 3.63) is 0 Å². The van der Waals surface area contributed by atoms with Crippen LogP contribution in [0.25, 0.3) is 0 Å². The van der Waals surface area contributed by atoms with E-state index in [2.05, 4.69) is 0 Å². The third-order valence-corrected chi connectivity index (χ3v) is 1.72. The number of rotatable bonds is 5. The molecule has 1 unspecified atom stereocenters. The second-order valence-electron chi connectivity index (χ2n) is 3.24.